The topological polar surface area (TPSA) is 38.1 Å². The third kappa shape index (κ3) is 2.90. The van der Waals surface area contributed by atoms with Crippen LogP contribution in [0.4, 0.5) is 0 Å². The van der Waals surface area contributed by atoms with Gasteiger partial charge in [-0.3, -0.25) is 9.98 Å². The number of rotatable bonds is 2. The van der Waals surface area contributed by atoms with E-state index >= 15 is 0 Å². The van der Waals surface area contributed by atoms with E-state index in [9.17, 15) is 0 Å². The number of aliphatic imine (C=N–C) groups is 1. The number of benzene rings is 1. The van der Waals surface area contributed by atoms with Crippen molar-refractivity contribution in [3.63, 3.8) is 0 Å². The van der Waals surface area contributed by atoms with Crippen molar-refractivity contribution in [3.8, 4) is 0 Å². The Morgan fingerprint density at radius 3 is 2.83 bits per heavy atom. The molecule has 3 heterocycles. The zero-order valence-corrected chi connectivity index (χ0v) is 12.8. The van der Waals surface area contributed by atoms with Gasteiger partial charge in [0.25, 0.3) is 0 Å². The quantitative estimate of drug-likeness (QED) is 0.707. The molecular formula is C20H17N3. The molecule has 0 spiro atoms. The molecule has 0 unspecified atom stereocenters. The van der Waals surface area contributed by atoms with Gasteiger partial charge < -0.3 is 0 Å². The van der Waals surface area contributed by atoms with Crippen LogP contribution in [0, 0.1) is 0 Å². The molecule has 2 aromatic heterocycles. The molecule has 0 saturated heterocycles. The molecule has 4 rings (SSSR count). The lowest BCUT2D eigenvalue weighted by Crippen LogP contribution is -2.12. The molecule has 0 amide bonds. The van der Waals surface area contributed by atoms with Crippen molar-refractivity contribution in [1.82, 2.24) is 9.97 Å². The van der Waals surface area contributed by atoms with Crippen molar-refractivity contribution >= 4 is 22.7 Å². The lowest BCUT2D eigenvalue weighted by Gasteiger charge is -2.16. The number of nitrogens with zero attached hydrogens (tertiary/aromatic N) is 3. The van der Waals surface area contributed by atoms with Crippen molar-refractivity contribution in [3.05, 3.63) is 77.8 Å². The molecule has 1 aliphatic rings. The predicted octanol–water partition coefficient (Wildman–Crippen LogP) is 4.30. The van der Waals surface area contributed by atoms with Gasteiger partial charge in [0.2, 0.25) is 0 Å². The minimum absolute atomic E-state index is 0.882. The average molecular weight is 299 g/mol. The fourth-order valence-electron chi connectivity index (χ4n) is 2.94. The molecule has 0 fully saturated rings. The molecule has 112 valence electrons. The highest BCUT2D eigenvalue weighted by atomic mass is 14.8. The van der Waals surface area contributed by atoms with E-state index in [1.54, 1.807) is 6.20 Å². The van der Waals surface area contributed by atoms with E-state index in [4.69, 9.17) is 9.98 Å². The summed E-state index contributed by atoms with van der Waals surface area (Å²) >= 11 is 0. The molecule has 0 N–H and O–H groups in total. The minimum atomic E-state index is 0.882. The second-order valence-electron chi connectivity index (χ2n) is 5.67. The van der Waals surface area contributed by atoms with E-state index in [0.717, 1.165) is 41.9 Å². The lowest BCUT2D eigenvalue weighted by atomic mass is 9.96. The number of fused-ring (bicyclic) bond motifs is 1. The Hall–Kier alpha value is -2.81. The van der Waals surface area contributed by atoms with Gasteiger partial charge in [-0.2, -0.15) is 0 Å². The summed E-state index contributed by atoms with van der Waals surface area (Å²) in [6.45, 7) is 0.882. The minimum Gasteiger partial charge on any atom is -0.284 e. The highest BCUT2D eigenvalue weighted by Gasteiger charge is 2.14. The van der Waals surface area contributed by atoms with E-state index in [1.807, 2.05) is 30.5 Å². The first-order chi connectivity index (χ1) is 11.4. The van der Waals surface area contributed by atoms with Crippen LogP contribution in [0.5, 0.6) is 0 Å². The Balaban J connectivity index is 1.75. The first kappa shape index (κ1) is 13.8. The van der Waals surface area contributed by atoms with E-state index < -0.39 is 0 Å². The third-order valence-corrected chi connectivity index (χ3v) is 4.06. The molecule has 0 atom stereocenters. The summed E-state index contributed by atoms with van der Waals surface area (Å²) in [4.78, 5) is 13.7. The zero-order chi connectivity index (χ0) is 15.5. The molecule has 3 heteroatoms. The smallest absolute Gasteiger partial charge is 0.0709 e. The molecule has 0 saturated carbocycles. The van der Waals surface area contributed by atoms with Crippen LogP contribution in [-0.2, 0) is 0 Å². The highest BCUT2D eigenvalue weighted by Crippen LogP contribution is 2.22. The van der Waals surface area contributed by atoms with Crippen LogP contribution in [0.1, 0.15) is 24.1 Å². The molecule has 1 aromatic carbocycles. The van der Waals surface area contributed by atoms with Crippen molar-refractivity contribution in [2.45, 2.75) is 12.8 Å². The summed E-state index contributed by atoms with van der Waals surface area (Å²) in [5.74, 6) is 0. The van der Waals surface area contributed by atoms with Crippen molar-refractivity contribution in [2.75, 3.05) is 6.54 Å². The normalized spacial score (nSPS) is 16.5. The van der Waals surface area contributed by atoms with Gasteiger partial charge >= 0.3 is 0 Å². The number of allylic oxidation sites excluding steroid dienone is 1. The first-order valence-corrected chi connectivity index (χ1v) is 7.92. The zero-order valence-electron chi connectivity index (χ0n) is 12.8. The molecule has 0 radical (unpaired) electrons. The summed E-state index contributed by atoms with van der Waals surface area (Å²) < 4.78 is 0. The Morgan fingerprint density at radius 1 is 0.957 bits per heavy atom. The summed E-state index contributed by atoms with van der Waals surface area (Å²) in [7, 11) is 0. The van der Waals surface area contributed by atoms with Gasteiger partial charge in [-0.15, -0.1) is 0 Å². The van der Waals surface area contributed by atoms with Gasteiger partial charge in [0.1, 0.15) is 0 Å². The second-order valence-corrected chi connectivity index (χ2v) is 5.67. The summed E-state index contributed by atoms with van der Waals surface area (Å²) in [5.41, 5.74) is 5.39. The van der Waals surface area contributed by atoms with Gasteiger partial charge in [-0.05, 0) is 48.8 Å². The van der Waals surface area contributed by atoms with Crippen LogP contribution in [-0.4, -0.2) is 22.2 Å². The fraction of sp³-hybridized carbons (Fsp3) is 0.150. The van der Waals surface area contributed by atoms with Crippen LogP contribution in [0.15, 0.2) is 71.5 Å². The molecule has 0 aliphatic carbocycles. The number of para-hydroxylation sites is 1. The van der Waals surface area contributed by atoms with Crippen LogP contribution in [0.25, 0.3) is 17.0 Å². The highest BCUT2D eigenvalue weighted by molar-refractivity contribution is 6.15. The Bertz CT molecular complexity index is 895. The summed E-state index contributed by atoms with van der Waals surface area (Å²) in [5, 5.41) is 1.17. The predicted molar refractivity (Wildman–Crippen MR) is 94.6 cm³/mol. The van der Waals surface area contributed by atoms with E-state index in [1.165, 1.54) is 11.0 Å². The summed E-state index contributed by atoms with van der Waals surface area (Å²) in [6, 6.07) is 16.4. The van der Waals surface area contributed by atoms with Gasteiger partial charge in [-0.1, -0.05) is 24.3 Å². The standard InChI is InChI=1S/C20H17N3/c1-2-8-19-15(5-1)9-10-18(23-19)13-16-6-4-12-22-20(16)17-7-3-11-21-14-17/h1-3,5,7-11,13-14H,4,6,12H2/b16-13+. The van der Waals surface area contributed by atoms with Gasteiger partial charge in [0.05, 0.1) is 16.9 Å². The van der Waals surface area contributed by atoms with Crippen LogP contribution < -0.4 is 0 Å². The van der Waals surface area contributed by atoms with Gasteiger partial charge in [0.15, 0.2) is 0 Å². The van der Waals surface area contributed by atoms with Crippen LogP contribution in [0.3, 0.4) is 0 Å². The maximum Gasteiger partial charge on any atom is 0.0709 e. The molecule has 3 aromatic rings. The van der Waals surface area contributed by atoms with Gasteiger partial charge in [0, 0.05) is 29.9 Å². The first-order valence-electron chi connectivity index (χ1n) is 7.92. The van der Waals surface area contributed by atoms with E-state index in [2.05, 4.69) is 35.3 Å². The Morgan fingerprint density at radius 2 is 1.91 bits per heavy atom. The second kappa shape index (κ2) is 6.13. The Labute approximate surface area is 135 Å². The Kier molecular flexibility index (Phi) is 3.68. The maximum atomic E-state index is 4.75. The van der Waals surface area contributed by atoms with Crippen LogP contribution in [0.2, 0.25) is 0 Å². The molecule has 1 aliphatic heterocycles. The van der Waals surface area contributed by atoms with Crippen molar-refractivity contribution in [1.29, 1.82) is 0 Å². The average Bonchev–Trinajstić information content (AvgIpc) is 2.63. The molecule has 23 heavy (non-hydrogen) atoms. The van der Waals surface area contributed by atoms with Crippen LogP contribution >= 0.6 is 0 Å². The largest absolute Gasteiger partial charge is 0.284 e. The number of pyridine rings is 2. The third-order valence-electron chi connectivity index (χ3n) is 4.06. The lowest BCUT2D eigenvalue weighted by molar-refractivity contribution is 0.818. The van der Waals surface area contributed by atoms with E-state index in [-0.39, 0.29) is 0 Å². The number of hydrogen-bond donors (Lipinski definition) is 0. The number of hydrogen-bond acceptors (Lipinski definition) is 3. The van der Waals surface area contributed by atoms with Crippen molar-refractivity contribution in [2.24, 2.45) is 4.99 Å². The van der Waals surface area contributed by atoms with Gasteiger partial charge in [-0.25, -0.2) is 4.98 Å². The molecule has 0 bridgehead atoms. The maximum absolute atomic E-state index is 4.75. The van der Waals surface area contributed by atoms with Crippen molar-refractivity contribution < 1.29 is 0 Å². The SMILES string of the molecule is C(=C1/CCCN=C1c1cccnc1)/c1ccc2ccccc2n1. The monoisotopic (exact) mass is 299 g/mol. The van der Waals surface area contributed by atoms with E-state index in [0.29, 0.717) is 0 Å². The molecular weight excluding hydrogens is 282 g/mol. The number of aromatic nitrogens is 2. The molecule has 3 nitrogen and oxygen atoms in total. The fourth-order valence-corrected chi connectivity index (χ4v) is 2.94. The summed E-state index contributed by atoms with van der Waals surface area (Å²) in [6.07, 6.45) is 7.95.